The molecule has 0 aromatic carbocycles. The number of hydrogen-bond donors (Lipinski definition) is 0. The van der Waals surface area contributed by atoms with Crippen molar-refractivity contribution in [2.75, 3.05) is 0 Å². The number of allylic oxidation sites excluding steroid dienone is 2. The smallest absolute Gasteiger partial charge is 0.258 e. The first-order chi connectivity index (χ1) is 5.54. The fraction of sp³-hybridized carbons (Fsp3) is 0.333. The first-order valence-electron chi connectivity index (χ1n) is 3.16. The molecule has 0 aliphatic carbocycles. The van der Waals surface area contributed by atoms with Crippen LogP contribution in [0.5, 0.6) is 0 Å². The molecule has 0 heterocycles. The summed E-state index contributed by atoms with van der Waals surface area (Å²) in [7, 11) is 0. The predicted octanol–water partition coefficient (Wildman–Crippen LogP) is 1.35. The highest BCUT2D eigenvalue weighted by Gasteiger charge is 2.25. The number of rotatable bonds is 3. The average molecular weight is 172 g/mol. The minimum Gasteiger partial charge on any atom is -0.258 e. The quantitative estimate of drug-likeness (QED) is 0.365. The Morgan fingerprint density at radius 2 is 1.25 bits per heavy atom. The molecule has 12 heavy (non-hydrogen) atoms. The van der Waals surface area contributed by atoms with Gasteiger partial charge in [-0.05, 0) is 26.0 Å². The van der Waals surface area contributed by atoms with E-state index in [4.69, 9.17) is 0 Å². The number of hydrogen-bond acceptors (Lipinski definition) is 4. The van der Waals surface area contributed by atoms with Gasteiger partial charge >= 0.3 is 11.4 Å². The van der Waals surface area contributed by atoms with Crippen LogP contribution in [-0.2, 0) is 0 Å². The minimum absolute atomic E-state index is 0.484. The third-order valence-electron chi connectivity index (χ3n) is 1.20. The van der Waals surface area contributed by atoms with Crippen LogP contribution in [0.2, 0.25) is 0 Å². The van der Waals surface area contributed by atoms with Crippen molar-refractivity contribution in [2.24, 2.45) is 0 Å². The summed E-state index contributed by atoms with van der Waals surface area (Å²) in [5, 5.41) is 20.5. The molecule has 0 rings (SSSR count). The maximum atomic E-state index is 10.2. The van der Waals surface area contributed by atoms with Gasteiger partial charge in [-0.25, -0.2) is 0 Å². The third kappa shape index (κ3) is 2.15. The molecule has 0 aliphatic heterocycles. The molecule has 6 heteroatoms. The summed E-state index contributed by atoms with van der Waals surface area (Å²) >= 11 is 0. The standard InChI is InChI=1S/C6H8N2O4/c1-3-5(7(9)10)6(4-2)8(11)12/h3-4H,1-2H3/b5-3+,6-4+. The number of nitrogens with zero attached hydrogens (tertiary/aromatic N) is 2. The molecule has 0 atom stereocenters. The molecule has 66 valence electrons. The Balaban J connectivity index is 4.99. The van der Waals surface area contributed by atoms with Gasteiger partial charge in [0.2, 0.25) is 0 Å². The van der Waals surface area contributed by atoms with E-state index in [2.05, 4.69) is 0 Å². The topological polar surface area (TPSA) is 86.3 Å². The van der Waals surface area contributed by atoms with Crippen LogP contribution in [0, 0.1) is 20.2 Å². The van der Waals surface area contributed by atoms with E-state index in [9.17, 15) is 20.2 Å². The fourth-order valence-electron chi connectivity index (χ4n) is 0.694. The highest BCUT2D eigenvalue weighted by Crippen LogP contribution is 2.10. The van der Waals surface area contributed by atoms with Crippen LogP contribution in [0.3, 0.4) is 0 Å². The van der Waals surface area contributed by atoms with Crippen LogP contribution in [0.25, 0.3) is 0 Å². The summed E-state index contributed by atoms with van der Waals surface area (Å²) in [5.74, 6) is 0. The molecule has 0 fully saturated rings. The summed E-state index contributed by atoms with van der Waals surface area (Å²) in [4.78, 5) is 18.9. The van der Waals surface area contributed by atoms with E-state index in [-0.39, 0.29) is 0 Å². The Bertz CT molecular complexity index is 239. The van der Waals surface area contributed by atoms with Gasteiger partial charge in [-0.2, -0.15) is 0 Å². The van der Waals surface area contributed by atoms with E-state index in [0.29, 0.717) is 0 Å². The zero-order valence-corrected chi connectivity index (χ0v) is 6.68. The zero-order valence-electron chi connectivity index (χ0n) is 6.68. The lowest BCUT2D eigenvalue weighted by Gasteiger charge is -1.93. The lowest BCUT2D eigenvalue weighted by Crippen LogP contribution is -2.09. The molecular weight excluding hydrogens is 164 g/mol. The second-order valence-corrected chi connectivity index (χ2v) is 1.86. The molecule has 0 aliphatic rings. The molecule has 0 aromatic rings. The molecule has 0 N–H and O–H groups in total. The van der Waals surface area contributed by atoms with E-state index in [1.54, 1.807) is 0 Å². The van der Waals surface area contributed by atoms with Crippen LogP contribution < -0.4 is 0 Å². The molecule has 6 nitrogen and oxygen atoms in total. The highest BCUT2D eigenvalue weighted by molar-refractivity contribution is 5.16. The van der Waals surface area contributed by atoms with Gasteiger partial charge in [0, 0.05) is 0 Å². The van der Waals surface area contributed by atoms with E-state index in [0.717, 1.165) is 12.2 Å². The van der Waals surface area contributed by atoms with E-state index in [1.165, 1.54) is 13.8 Å². The van der Waals surface area contributed by atoms with Gasteiger partial charge in [-0.3, -0.25) is 20.2 Å². The van der Waals surface area contributed by atoms with E-state index in [1.807, 2.05) is 0 Å². The Kier molecular flexibility index (Phi) is 3.61. The fourth-order valence-corrected chi connectivity index (χ4v) is 0.694. The van der Waals surface area contributed by atoms with Crippen LogP contribution in [-0.4, -0.2) is 9.85 Å². The molecule has 0 radical (unpaired) electrons. The second-order valence-electron chi connectivity index (χ2n) is 1.86. The Morgan fingerprint density at radius 1 is 1.00 bits per heavy atom. The van der Waals surface area contributed by atoms with Gasteiger partial charge in [-0.1, -0.05) is 0 Å². The lowest BCUT2D eigenvalue weighted by molar-refractivity contribution is -0.479. The summed E-state index contributed by atoms with van der Waals surface area (Å²) in [6.07, 6.45) is 2.19. The maximum absolute atomic E-state index is 10.2. The van der Waals surface area contributed by atoms with Crippen molar-refractivity contribution < 1.29 is 9.85 Å². The predicted molar refractivity (Wildman–Crippen MR) is 41.5 cm³/mol. The zero-order chi connectivity index (χ0) is 9.72. The van der Waals surface area contributed by atoms with E-state index < -0.39 is 21.2 Å². The van der Waals surface area contributed by atoms with Crippen molar-refractivity contribution in [3.8, 4) is 0 Å². The average Bonchev–Trinajstić information content (AvgIpc) is 1.98. The summed E-state index contributed by atoms with van der Waals surface area (Å²) in [6, 6.07) is 0. The molecule has 0 bridgehead atoms. The van der Waals surface area contributed by atoms with Crippen molar-refractivity contribution in [3.63, 3.8) is 0 Å². The highest BCUT2D eigenvalue weighted by atomic mass is 16.6. The minimum atomic E-state index is -0.780. The third-order valence-corrected chi connectivity index (χ3v) is 1.20. The van der Waals surface area contributed by atoms with Gasteiger partial charge in [0.1, 0.15) is 0 Å². The van der Waals surface area contributed by atoms with Gasteiger partial charge in [0.15, 0.2) is 0 Å². The number of nitro groups is 2. The maximum Gasteiger partial charge on any atom is 0.341 e. The molecule has 0 saturated carbocycles. The van der Waals surface area contributed by atoms with Crippen molar-refractivity contribution in [1.29, 1.82) is 0 Å². The molecular formula is C6H8N2O4. The van der Waals surface area contributed by atoms with Crippen LogP contribution in [0.15, 0.2) is 23.5 Å². The summed E-state index contributed by atoms with van der Waals surface area (Å²) in [6.45, 7) is 2.76. The Morgan fingerprint density at radius 3 is 1.33 bits per heavy atom. The largest absolute Gasteiger partial charge is 0.341 e. The normalized spacial score (nSPS) is 12.8. The SMILES string of the molecule is C/C=C(\C(=C/C)[N+](=O)[O-])[N+](=O)[O-]. The lowest BCUT2D eigenvalue weighted by atomic mass is 10.3. The molecule has 0 amide bonds. The first kappa shape index (κ1) is 10.3. The molecule has 0 saturated heterocycles. The Hall–Kier alpha value is -1.72. The Labute approximate surface area is 68.5 Å². The molecule has 0 aromatic heterocycles. The monoisotopic (exact) mass is 172 g/mol. The van der Waals surface area contributed by atoms with Crippen molar-refractivity contribution in [3.05, 3.63) is 43.8 Å². The summed E-state index contributed by atoms with van der Waals surface area (Å²) < 4.78 is 0. The second kappa shape index (κ2) is 4.22. The van der Waals surface area contributed by atoms with Gasteiger partial charge < -0.3 is 0 Å². The van der Waals surface area contributed by atoms with Crippen molar-refractivity contribution in [1.82, 2.24) is 0 Å². The van der Waals surface area contributed by atoms with Gasteiger partial charge in [-0.15, -0.1) is 0 Å². The molecule has 0 unspecified atom stereocenters. The van der Waals surface area contributed by atoms with Gasteiger partial charge in [0.05, 0.1) is 9.85 Å². The van der Waals surface area contributed by atoms with E-state index >= 15 is 0 Å². The van der Waals surface area contributed by atoms with Crippen LogP contribution in [0.4, 0.5) is 0 Å². The van der Waals surface area contributed by atoms with Gasteiger partial charge in [0.25, 0.3) is 0 Å². The molecule has 0 spiro atoms. The van der Waals surface area contributed by atoms with Crippen LogP contribution in [0.1, 0.15) is 13.8 Å². The van der Waals surface area contributed by atoms with Crippen LogP contribution >= 0.6 is 0 Å². The van der Waals surface area contributed by atoms with Crippen molar-refractivity contribution >= 4 is 0 Å². The van der Waals surface area contributed by atoms with Crippen molar-refractivity contribution in [2.45, 2.75) is 13.8 Å². The summed E-state index contributed by atoms with van der Waals surface area (Å²) in [5.41, 5.74) is -0.968. The first-order valence-corrected chi connectivity index (χ1v) is 3.16.